The number of aliphatic hydroxyl groups excluding tert-OH is 1. The summed E-state index contributed by atoms with van der Waals surface area (Å²) in [5.74, 6) is 1.32. The van der Waals surface area contributed by atoms with E-state index in [1.54, 1.807) is 0 Å². The van der Waals surface area contributed by atoms with Crippen molar-refractivity contribution in [3.05, 3.63) is 0 Å². The SMILES string of the molecule is CC.CC1CC(C(O)CN)C1. The Kier molecular flexibility index (Phi) is 5.51. The molecule has 1 unspecified atom stereocenters. The molecule has 0 amide bonds. The van der Waals surface area contributed by atoms with Gasteiger partial charge in [0.1, 0.15) is 0 Å². The van der Waals surface area contributed by atoms with Gasteiger partial charge in [-0.25, -0.2) is 0 Å². The van der Waals surface area contributed by atoms with Crippen LogP contribution in [-0.4, -0.2) is 17.8 Å². The van der Waals surface area contributed by atoms with Gasteiger partial charge in [0.15, 0.2) is 0 Å². The van der Waals surface area contributed by atoms with Gasteiger partial charge in [0, 0.05) is 6.54 Å². The van der Waals surface area contributed by atoms with Crippen LogP contribution < -0.4 is 5.73 Å². The first-order valence-electron chi connectivity index (χ1n) is 4.62. The minimum absolute atomic E-state index is 0.235. The summed E-state index contributed by atoms with van der Waals surface area (Å²) in [6.45, 7) is 6.64. The van der Waals surface area contributed by atoms with Gasteiger partial charge in [0.25, 0.3) is 0 Å². The molecule has 1 saturated carbocycles. The highest BCUT2D eigenvalue weighted by Crippen LogP contribution is 2.34. The molecule has 0 saturated heterocycles. The largest absolute Gasteiger partial charge is 0.392 e. The molecule has 3 N–H and O–H groups in total. The molecule has 0 radical (unpaired) electrons. The summed E-state index contributed by atoms with van der Waals surface area (Å²) in [6.07, 6.45) is 2.10. The van der Waals surface area contributed by atoms with Crippen LogP contribution in [0.5, 0.6) is 0 Å². The maximum atomic E-state index is 9.17. The molecule has 0 bridgehead atoms. The van der Waals surface area contributed by atoms with Gasteiger partial charge in [0.05, 0.1) is 6.10 Å². The van der Waals surface area contributed by atoms with E-state index in [0.29, 0.717) is 12.5 Å². The average molecular weight is 159 g/mol. The highest BCUT2D eigenvalue weighted by molar-refractivity contribution is 4.81. The van der Waals surface area contributed by atoms with Gasteiger partial charge in [-0.05, 0) is 24.7 Å². The molecule has 0 heterocycles. The monoisotopic (exact) mass is 159 g/mol. The summed E-state index contributed by atoms with van der Waals surface area (Å²) in [5, 5.41) is 9.17. The first kappa shape index (κ1) is 10.9. The van der Waals surface area contributed by atoms with E-state index in [9.17, 15) is 5.11 Å². The summed E-state index contributed by atoms with van der Waals surface area (Å²) in [4.78, 5) is 0. The number of hydrogen-bond donors (Lipinski definition) is 2. The van der Waals surface area contributed by atoms with Crippen LogP contribution in [0.1, 0.15) is 33.6 Å². The lowest BCUT2D eigenvalue weighted by Gasteiger charge is -2.35. The van der Waals surface area contributed by atoms with Crippen LogP contribution in [0.15, 0.2) is 0 Å². The maximum Gasteiger partial charge on any atom is 0.0690 e. The zero-order chi connectivity index (χ0) is 8.85. The Morgan fingerprint density at radius 2 is 1.91 bits per heavy atom. The van der Waals surface area contributed by atoms with Crippen molar-refractivity contribution in [2.24, 2.45) is 17.6 Å². The van der Waals surface area contributed by atoms with E-state index in [1.165, 1.54) is 12.8 Å². The lowest BCUT2D eigenvalue weighted by atomic mass is 9.73. The molecule has 0 aromatic heterocycles. The zero-order valence-corrected chi connectivity index (χ0v) is 7.88. The van der Waals surface area contributed by atoms with Crippen molar-refractivity contribution in [3.63, 3.8) is 0 Å². The van der Waals surface area contributed by atoms with Crippen molar-refractivity contribution < 1.29 is 5.11 Å². The molecule has 1 fully saturated rings. The van der Waals surface area contributed by atoms with Crippen molar-refractivity contribution in [3.8, 4) is 0 Å². The molecule has 0 aromatic carbocycles. The zero-order valence-electron chi connectivity index (χ0n) is 7.88. The van der Waals surface area contributed by atoms with E-state index in [1.807, 2.05) is 13.8 Å². The predicted octanol–water partition coefficient (Wildman–Crippen LogP) is 1.38. The second-order valence-electron chi connectivity index (χ2n) is 3.14. The minimum atomic E-state index is -0.235. The molecule has 1 rings (SSSR count). The molecule has 11 heavy (non-hydrogen) atoms. The Morgan fingerprint density at radius 1 is 1.45 bits per heavy atom. The lowest BCUT2D eigenvalue weighted by molar-refractivity contribution is 0.0396. The van der Waals surface area contributed by atoms with Gasteiger partial charge in [0.2, 0.25) is 0 Å². The quantitative estimate of drug-likeness (QED) is 0.639. The van der Waals surface area contributed by atoms with Crippen LogP contribution in [0, 0.1) is 11.8 Å². The number of hydrogen-bond acceptors (Lipinski definition) is 2. The molecule has 1 atom stereocenters. The molecule has 0 spiro atoms. The number of nitrogens with two attached hydrogens (primary N) is 1. The van der Waals surface area contributed by atoms with Gasteiger partial charge in [-0.1, -0.05) is 20.8 Å². The van der Waals surface area contributed by atoms with E-state index in [0.717, 1.165) is 5.92 Å². The molecular weight excluding hydrogens is 138 g/mol. The molecule has 68 valence electrons. The van der Waals surface area contributed by atoms with Crippen molar-refractivity contribution >= 4 is 0 Å². The van der Waals surface area contributed by atoms with Gasteiger partial charge < -0.3 is 10.8 Å². The first-order valence-corrected chi connectivity index (χ1v) is 4.62. The first-order chi connectivity index (χ1) is 5.24. The van der Waals surface area contributed by atoms with Crippen LogP contribution in [0.25, 0.3) is 0 Å². The van der Waals surface area contributed by atoms with E-state index in [2.05, 4.69) is 6.92 Å². The Morgan fingerprint density at radius 3 is 2.18 bits per heavy atom. The standard InChI is InChI=1S/C7H15NO.C2H6/c1-5-2-6(3-5)7(9)4-8;1-2/h5-7,9H,2-4,8H2,1H3;1-2H3. The fourth-order valence-electron chi connectivity index (χ4n) is 1.47. The third-order valence-electron chi connectivity index (χ3n) is 2.20. The summed E-state index contributed by atoms with van der Waals surface area (Å²) < 4.78 is 0. The van der Waals surface area contributed by atoms with Gasteiger partial charge in [-0.2, -0.15) is 0 Å². The molecular formula is C9H21NO. The lowest BCUT2D eigenvalue weighted by Crippen LogP contribution is -2.36. The molecule has 0 aliphatic heterocycles. The van der Waals surface area contributed by atoms with Gasteiger partial charge in [-0.3, -0.25) is 0 Å². The van der Waals surface area contributed by atoms with Crippen LogP contribution in [0.4, 0.5) is 0 Å². The van der Waals surface area contributed by atoms with E-state index in [4.69, 9.17) is 5.73 Å². The molecule has 1 aliphatic carbocycles. The van der Waals surface area contributed by atoms with Crippen molar-refractivity contribution in [1.29, 1.82) is 0 Å². The Bertz CT molecular complexity index is 89.6. The Balaban J connectivity index is 0.000000461. The second-order valence-corrected chi connectivity index (χ2v) is 3.14. The summed E-state index contributed by atoms with van der Waals surface area (Å²) in [6, 6.07) is 0. The maximum absolute atomic E-state index is 9.17. The minimum Gasteiger partial charge on any atom is -0.392 e. The summed E-state index contributed by atoms with van der Waals surface area (Å²) in [7, 11) is 0. The Hall–Kier alpha value is -0.0800. The van der Waals surface area contributed by atoms with Crippen molar-refractivity contribution in [1.82, 2.24) is 0 Å². The van der Waals surface area contributed by atoms with Crippen LogP contribution in [-0.2, 0) is 0 Å². The number of aliphatic hydroxyl groups is 1. The molecule has 2 nitrogen and oxygen atoms in total. The van der Waals surface area contributed by atoms with Gasteiger partial charge in [-0.15, -0.1) is 0 Å². The Labute approximate surface area is 69.8 Å². The van der Waals surface area contributed by atoms with E-state index < -0.39 is 0 Å². The van der Waals surface area contributed by atoms with Crippen molar-refractivity contribution in [2.45, 2.75) is 39.7 Å². The third-order valence-corrected chi connectivity index (χ3v) is 2.20. The third kappa shape index (κ3) is 3.21. The van der Waals surface area contributed by atoms with Crippen LogP contribution in [0.2, 0.25) is 0 Å². The van der Waals surface area contributed by atoms with Crippen LogP contribution >= 0.6 is 0 Å². The number of rotatable bonds is 2. The van der Waals surface area contributed by atoms with E-state index >= 15 is 0 Å². The van der Waals surface area contributed by atoms with E-state index in [-0.39, 0.29) is 6.10 Å². The normalized spacial score (nSPS) is 31.4. The highest BCUT2D eigenvalue weighted by Gasteiger charge is 2.30. The van der Waals surface area contributed by atoms with Gasteiger partial charge >= 0.3 is 0 Å². The average Bonchev–Trinajstić information content (AvgIpc) is 2.01. The summed E-state index contributed by atoms with van der Waals surface area (Å²) >= 11 is 0. The molecule has 2 heteroatoms. The second kappa shape index (κ2) is 5.56. The fraction of sp³-hybridized carbons (Fsp3) is 1.00. The molecule has 0 aromatic rings. The highest BCUT2D eigenvalue weighted by atomic mass is 16.3. The summed E-state index contributed by atoms with van der Waals surface area (Å²) in [5.41, 5.74) is 5.28. The fourth-order valence-corrected chi connectivity index (χ4v) is 1.47. The smallest absolute Gasteiger partial charge is 0.0690 e. The van der Waals surface area contributed by atoms with Crippen molar-refractivity contribution in [2.75, 3.05) is 6.54 Å². The topological polar surface area (TPSA) is 46.2 Å². The van der Waals surface area contributed by atoms with Crippen LogP contribution in [0.3, 0.4) is 0 Å². The predicted molar refractivity (Wildman–Crippen MR) is 48.3 cm³/mol. The molecule has 1 aliphatic rings.